The van der Waals surface area contributed by atoms with E-state index in [9.17, 15) is 4.79 Å². The zero-order chi connectivity index (χ0) is 9.26. The molecule has 2 aliphatic rings. The number of fused-ring (bicyclic) bond motifs is 2. The van der Waals surface area contributed by atoms with Crippen LogP contribution < -0.4 is 5.32 Å². The molecule has 2 aliphatic heterocycles. The maximum Gasteiger partial charge on any atom is 0.244 e. The monoisotopic (exact) mass is 200 g/mol. The maximum absolute atomic E-state index is 10.4. The number of rotatable bonds is 3. The van der Waals surface area contributed by atoms with Gasteiger partial charge in [0.05, 0.1) is 0 Å². The first kappa shape index (κ1) is 9.19. The third-order valence-electron chi connectivity index (χ3n) is 2.76. The van der Waals surface area contributed by atoms with Gasteiger partial charge in [-0.1, -0.05) is 6.08 Å². The minimum Gasteiger partial charge on any atom is -0.311 e. The molecule has 1 N–H and O–H groups in total. The topological polar surface area (TPSA) is 32.3 Å². The first-order valence-electron chi connectivity index (χ1n) is 4.59. The smallest absolute Gasteiger partial charge is 0.244 e. The lowest BCUT2D eigenvalue weighted by molar-refractivity contribution is -0.107. The quantitative estimate of drug-likeness (QED) is 0.527. The number of piperazine rings is 1. The number of carbonyl (C=O) groups is 1. The molecule has 0 amide bonds. The summed E-state index contributed by atoms with van der Waals surface area (Å²) in [5.74, 6) is 0. The lowest BCUT2D eigenvalue weighted by Crippen LogP contribution is -2.43. The van der Waals surface area contributed by atoms with Gasteiger partial charge in [0, 0.05) is 31.7 Å². The van der Waals surface area contributed by atoms with Crippen LogP contribution in [0.25, 0.3) is 0 Å². The molecule has 0 spiro atoms. The van der Waals surface area contributed by atoms with E-state index < -0.39 is 0 Å². The average molecular weight is 201 g/mol. The van der Waals surface area contributed by atoms with Gasteiger partial charge in [-0.15, -0.1) is 0 Å². The molecule has 0 aliphatic carbocycles. The first-order chi connectivity index (χ1) is 6.25. The number of allylic oxidation sites excluding steroid dienone is 1. The zero-order valence-electron chi connectivity index (χ0n) is 7.37. The Bertz CT molecular complexity index is 242. The van der Waals surface area contributed by atoms with Crippen molar-refractivity contribution in [1.82, 2.24) is 10.2 Å². The summed E-state index contributed by atoms with van der Waals surface area (Å²) < 4.78 is 0. The molecule has 2 rings (SSSR count). The fourth-order valence-electron chi connectivity index (χ4n) is 2.15. The molecule has 2 atom stereocenters. The molecule has 4 heteroatoms. The SMILES string of the molecule is O=C(Cl)/C=C/CN1C[C@@H]2C[C@H]1CN2. The molecular weight excluding hydrogens is 188 g/mol. The predicted octanol–water partition coefficient (Wildman–Crippen LogP) is 0.354. The molecule has 0 aromatic carbocycles. The second-order valence-corrected chi connectivity index (χ2v) is 4.03. The Morgan fingerprint density at radius 3 is 3.08 bits per heavy atom. The van der Waals surface area contributed by atoms with Crippen LogP contribution in [-0.4, -0.2) is 41.9 Å². The Kier molecular flexibility index (Phi) is 2.67. The van der Waals surface area contributed by atoms with Crippen LogP contribution in [0.1, 0.15) is 6.42 Å². The second kappa shape index (κ2) is 3.78. The molecule has 0 unspecified atom stereocenters. The third kappa shape index (κ3) is 2.10. The number of hydrogen-bond acceptors (Lipinski definition) is 3. The standard InChI is InChI=1S/C9H13ClN2O/c10-9(13)2-1-3-12-6-7-4-8(12)5-11-7/h1-2,7-8,11H,3-6H2/b2-1+/t7-,8-/m0/s1. The van der Waals surface area contributed by atoms with Crippen LogP contribution in [0, 0.1) is 0 Å². The van der Waals surface area contributed by atoms with Gasteiger partial charge in [-0.3, -0.25) is 9.69 Å². The van der Waals surface area contributed by atoms with Crippen LogP contribution in [0.2, 0.25) is 0 Å². The van der Waals surface area contributed by atoms with Crippen molar-refractivity contribution in [2.45, 2.75) is 18.5 Å². The molecule has 0 saturated carbocycles. The fraction of sp³-hybridized carbons (Fsp3) is 0.667. The van der Waals surface area contributed by atoms with Gasteiger partial charge in [0.2, 0.25) is 5.24 Å². The van der Waals surface area contributed by atoms with Crippen LogP contribution in [0.3, 0.4) is 0 Å². The summed E-state index contributed by atoms with van der Waals surface area (Å²) in [6.45, 7) is 3.04. The Labute approximate surface area is 82.7 Å². The van der Waals surface area contributed by atoms with Gasteiger partial charge in [0.1, 0.15) is 0 Å². The Hall–Kier alpha value is -0.380. The van der Waals surface area contributed by atoms with Crippen molar-refractivity contribution in [3.8, 4) is 0 Å². The van der Waals surface area contributed by atoms with Gasteiger partial charge in [0.25, 0.3) is 0 Å². The number of hydrogen-bond donors (Lipinski definition) is 1. The van der Waals surface area contributed by atoms with E-state index in [1.54, 1.807) is 0 Å². The summed E-state index contributed by atoms with van der Waals surface area (Å²) in [5, 5.41) is 3.04. The van der Waals surface area contributed by atoms with E-state index in [1.807, 2.05) is 6.08 Å². The molecule has 2 saturated heterocycles. The normalized spacial score (nSPS) is 33.3. The number of nitrogens with zero attached hydrogens (tertiary/aromatic N) is 1. The van der Waals surface area contributed by atoms with E-state index in [1.165, 1.54) is 12.5 Å². The van der Waals surface area contributed by atoms with Gasteiger partial charge in [-0.2, -0.15) is 0 Å². The van der Waals surface area contributed by atoms with Crippen LogP contribution in [0.5, 0.6) is 0 Å². The van der Waals surface area contributed by atoms with Crippen LogP contribution in [0.15, 0.2) is 12.2 Å². The van der Waals surface area contributed by atoms with E-state index >= 15 is 0 Å². The minimum atomic E-state index is -0.387. The van der Waals surface area contributed by atoms with Crippen LogP contribution >= 0.6 is 11.6 Å². The molecule has 13 heavy (non-hydrogen) atoms. The molecular formula is C9H13ClN2O. The van der Waals surface area contributed by atoms with Crippen molar-refractivity contribution < 1.29 is 4.79 Å². The summed E-state index contributed by atoms with van der Waals surface area (Å²) in [6, 6.07) is 1.34. The first-order valence-corrected chi connectivity index (χ1v) is 4.97. The van der Waals surface area contributed by atoms with E-state index in [2.05, 4.69) is 10.2 Å². The highest BCUT2D eigenvalue weighted by atomic mass is 35.5. The highest BCUT2D eigenvalue weighted by Gasteiger charge is 2.36. The van der Waals surface area contributed by atoms with Crippen molar-refractivity contribution in [2.24, 2.45) is 0 Å². The zero-order valence-corrected chi connectivity index (χ0v) is 8.13. The fourth-order valence-corrected chi connectivity index (χ4v) is 2.24. The molecule has 0 radical (unpaired) electrons. The van der Waals surface area contributed by atoms with Gasteiger partial charge >= 0.3 is 0 Å². The summed E-state index contributed by atoms with van der Waals surface area (Å²) in [7, 11) is 0. The Morgan fingerprint density at radius 1 is 1.69 bits per heavy atom. The van der Waals surface area contributed by atoms with Gasteiger partial charge in [0.15, 0.2) is 0 Å². The lowest BCUT2D eigenvalue weighted by Gasteiger charge is -2.25. The summed E-state index contributed by atoms with van der Waals surface area (Å²) in [4.78, 5) is 12.8. The number of carbonyl (C=O) groups excluding carboxylic acids is 1. The second-order valence-electron chi connectivity index (χ2n) is 3.66. The Morgan fingerprint density at radius 2 is 2.54 bits per heavy atom. The summed E-state index contributed by atoms with van der Waals surface area (Å²) in [5.41, 5.74) is 0. The van der Waals surface area contributed by atoms with Crippen molar-refractivity contribution in [3.05, 3.63) is 12.2 Å². The summed E-state index contributed by atoms with van der Waals surface area (Å²) >= 11 is 5.19. The highest BCUT2D eigenvalue weighted by molar-refractivity contribution is 6.66. The molecule has 0 aromatic rings. The number of nitrogens with one attached hydrogen (secondary N) is 1. The van der Waals surface area contributed by atoms with Crippen molar-refractivity contribution in [1.29, 1.82) is 0 Å². The molecule has 3 nitrogen and oxygen atoms in total. The van der Waals surface area contributed by atoms with Crippen LogP contribution in [-0.2, 0) is 4.79 Å². The van der Waals surface area contributed by atoms with E-state index in [4.69, 9.17) is 11.6 Å². The van der Waals surface area contributed by atoms with E-state index in [-0.39, 0.29) is 5.24 Å². The van der Waals surface area contributed by atoms with Crippen molar-refractivity contribution >= 4 is 16.8 Å². The molecule has 0 aromatic heterocycles. The Balaban J connectivity index is 1.80. The van der Waals surface area contributed by atoms with Gasteiger partial charge in [-0.25, -0.2) is 0 Å². The lowest BCUT2D eigenvalue weighted by atomic mass is 10.2. The minimum absolute atomic E-state index is 0.387. The maximum atomic E-state index is 10.4. The van der Waals surface area contributed by atoms with Crippen molar-refractivity contribution in [3.63, 3.8) is 0 Å². The number of likely N-dealkylation sites (tertiary alicyclic amines) is 1. The van der Waals surface area contributed by atoms with Crippen molar-refractivity contribution in [2.75, 3.05) is 19.6 Å². The largest absolute Gasteiger partial charge is 0.311 e. The average Bonchev–Trinajstić information content (AvgIpc) is 2.64. The third-order valence-corrected chi connectivity index (χ3v) is 2.88. The molecule has 2 fully saturated rings. The number of halogens is 1. The molecule has 72 valence electrons. The van der Waals surface area contributed by atoms with Crippen LogP contribution in [0.4, 0.5) is 0 Å². The molecule has 2 bridgehead atoms. The predicted molar refractivity (Wildman–Crippen MR) is 51.8 cm³/mol. The summed E-state index contributed by atoms with van der Waals surface area (Å²) in [6.07, 6.45) is 4.53. The van der Waals surface area contributed by atoms with E-state index in [0.29, 0.717) is 12.1 Å². The van der Waals surface area contributed by atoms with Gasteiger partial charge < -0.3 is 5.32 Å². The molecule has 2 heterocycles. The van der Waals surface area contributed by atoms with E-state index in [0.717, 1.165) is 19.6 Å². The highest BCUT2D eigenvalue weighted by Crippen LogP contribution is 2.22. The van der Waals surface area contributed by atoms with Gasteiger partial charge in [-0.05, 0) is 24.1 Å².